The van der Waals surface area contributed by atoms with Gasteiger partial charge < -0.3 is 4.98 Å². The molecule has 0 aromatic heterocycles. The Labute approximate surface area is 118 Å². The Balaban J connectivity index is 5.55. The third kappa shape index (κ3) is 3.57. The molecule has 0 aromatic carbocycles. The number of nitrogens with one attached hydrogen (secondary N) is 1. The standard InChI is InChI=1S/C14H32BrNSi/c1-9-11-16-17(12(15)10-2,13(3,4)5)14(6,7)8/h12,16H,9-11H2,1-8H3. The van der Waals surface area contributed by atoms with E-state index in [1.54, 1.807) is 0 Å². The Morgan fingerprint density at radius 2 is 1.41 bits per heavy atom. The molecule has 1 atom stereocenters. The van der Waals surface area contributed by atoms with E-state index < -0.39 is 8.24 Å². The molecule has 1 nitrogen and oxygen atoms in total. The van der Waals surface area contributed by atoms with Gasteiger partial charge in [0.05, 0.1) is 0 Å². The van der Waals surface area contributed by atoms with E-state index in [-0.39, 0.29) is 0 Å². The van der Waals surface area contributed by atoms with Crippen molar-refractivity contribution in [1.82, 2.24) is 4.98 Å². The van der Waals surface area contributed by atoms with Crippen LogP contribution >= 0.6 is 15.9 Å². The molecule has 0 aliphatic carbocycles. The van der Waals surface area contributed by atoms with Gasteiger partial charge in [-0.25, -0.2) is 0 Å². The summed E-state index contributed by atoms with van der Waals surface area (Å²) in [6.07, 6.45) is 2.42. The number of halogens is 1. The molecule has 0 rings (SSSR count). The van der Waals surface area contributed by atoms with Crippen LogP contribution in [0.3, 0.4) is 0 Å². The second-order valence-electron chi connectivity index (χ2n) is 7.11. The smallest absolute Gasteiger partial charge is 0.150 e. The number of rotatable bonds is 5. The van der Waals surface area contributed by atoms with E-state index in [2.05, 4.69) is 76.3 Å². The van der Waals surface area contributed by atoms with E-state index in [0.29, 0.717) is 14.5 Å². The summed E-state index contributed by atoms with van der Waals surface area (Å²) in [7, 11) is -1.66. The quantitative estimate of drug-likeness (QED) is 0.539. The van der Waals surface area contributed by atoms with Crippen LogP contribution < -0.4 is 4.98 Å². The van der Waals surface area contributed by atoms with E-state index in [9.17, 15) is 0 Å². The van der Waals surface area contributed by atoms with Crippen molar-refractivity contribution in [3.63, 3.8) is 0 Å². The lowest BCUT2D eigenvalue weighted by atomic mass is 10.2. The second kappa shape index (κ2) is 6.20. The van der Waals surface area contributed by atoms with Gasteiger partial charge >= 0.3 is 0 Å². The van der Waals surface area contributed by atoms with E-state index in [1.807, 2.05) is 0 Å². The maximum Gasteiger partial charge on any atom is 0.150 e. The maximum absolute atomic E-state index is 4.01. The van der Waals surface area contributed by atoms with Gasteiger partial charge in [-0.3, -0.25) is 0 Å². The highest BCUT2D eigenvalue weighted by Gasteiger charge is 2.56. The van der Waals surface area contributed by atoms with E-state index in [4.69, 9.17) is 0 Å². The molecule has 0 aliphatic heterocycles. The monoisotopic (exact) mass is 321 g/mol. The summed E-state index contributed by atoms with van der Waals surface area (Å²) in [5, 5.41) is 0.704. The van der Waals surface area contributed by atoms with Gasteiger partial charge in [-0.1, -0.05) is 71.3 Å². The Morgan fingerprint density at radius 3 is 1.65 bits per heavy atom. The molecule has 0 bridgehead atoms. The SMILES string of the molecule is CCCN[Si](C(Br)CC)(C(C)(C)C)C(C)(C)C. The summed E-state index contributed by atoms with van der Waals surface area (Å²) in [5.41, 5.74) is 0. The van der Waals surface area contributed by atoms with Gasteiger partial charge in [-0.15, -0.1) is 0 Å². The van der Waals surface area contributed by atoms with Crippen LogP contribution in [0.2, 0.25) is 10.1 Å². The van der Waals surface area contributed by atoms with Crippen molar-refractivity contribution >= 4 is 24.2 Å². The van der Waals surface area contributed by atoms with Crippen LogP contribution in [0, 0.1) is 0 Å². The van der Waals surface area contributed by atoms with Crippen LogP contribution in [0.25, 0.3) is 0 Å². The molecule has 104 valence electrons. The third-order valence-electron chi connectivity index (χ3n) is 3.85. The first-order valence-corrected chi connectivity index (χ1v) is 9.93. The Bertz CT molecular complexity index is 213. The van der Waals surface area contributed by atoms with Crippen LogP contribution in [0.4, 0.5) is 0 Å². The average Bonchev–Trinajstić information content (AvgIpc) is 2.14. The summed E-state index contributed by atoms with van der Waals surface area (Å²) in [4.78, 5) is 4.01. The molecule has 0 saturated carbocycles. The minimum Gasteiger partial charge on any atom is -0.336 e. The molecule has 0 fully saturated rings. The fraction of sp³-hybridized carbons (Fsp3) is 1.00. The first kappa shape index (κ1) is 17.7. The lowest BCUT2D eigenvalue weighted by Gasteiger charge is -2.55. The van der Waals surface area contributed by atoms with Crippen molar-refractivity contribution in [3.05, 3.63) is 0 Å². The van der Waals surface area contributed by atoms with Gasteiger partial charge in [-0.2, -0.15) is 0 Å². The number of alkyl halides is 1. The fourth-order valence-electron chi connectivity index (χ4n) is 3.33. The lowest BCUT2D eigenvalue weighted by Crippen LogP contribution is -2.69. The Hall–Kier alpha value is 0.657. The van der Waals surface area contributed by atoms with Gasteiger partial charge in [0.2, 0.25) is 0 Å². The minimum atomic E-state index is -1.66. The molecule has 3 heteroatoms. The van der Waals surface area contributed by atoms with Crippen LogP contribution in [0.5, 0.6) is 0 Å². The second-order valence-corrected chi connectivity index (χ2v) is 14.7. The predicted molar refractivity (Wildman–Crippen MR) is 86.5 cm³/mol. The zero-order valence-electron chi connectivity index (χ0n) is 13.1. The van der Waals surface area contributed by atoms with Crippen molar-refractivity contribution in [2.45, 2.75) is 82.8 Å². The van der Waals surface area contributed by atoms with Crippen LogP contribution in [-0.2, 0) is 0 Å². The highest BCUT2D eigenvalue weighted by molar-refractivity contribution is 9.10. The molecule has 0 amide bonds. The summed E-state index contributed by atoms with van der Waals surface area (Å²) in [6.45, 7) is 20.2. The van der Waals surface area contributed by atoms with Gasteiger partial charge in [0.25, 0.3) is 0 Å². The zero-order valence-corrected chi connectivity index (χ0v) is 15.7. The highest BCUT2D eigenvalue weighted by atomic mass is 79.9. The summed E-state index contributed by atoms with van der Waals surface area (Å²) >= 11 is 4.00. The topological polar surface area (TPSA) is 12.0 Å². The van der Waals surface area contributed by atoms with Crippen molar-refractivity contribution in [3.8, 4) is 0 Å². The van der Waals surface area contributed by atoms with Crippen molar-refractivity contribution in [2.75, 3.05) is 6.54 Å². The highest BCUT2D eigenvalue weighted by Crippen LogP contribution is 2.53. The van der Waals surface area contributed by atoms with E-state index in [0.717, 1.165) is 6.54 Å². The van der Waals surface area contributed by atoms with E-state index >= 15 is 0 Å². The summed E-state index contributed by atoms with van der Waals surface area (Å²) in [5.74, 6) is 0. The maximum atomic E-state index is 4.01. The molecular formula is C14H32BrNSi. The number of hydrogen-bond donors (Lipinski definition) is 1. The van der Waals surface area contributed by atoms with Gasteiger partial charge in [0.15, 0.2) is 0 Å². The predicted octanol–water partition coefficient (Wildman–Crippen LogP) is 5.24. The summed E-state index contributed by atoms with van der Waals surface area (Å²) < 4.78 is 0.626. The first-order chi connectivity index (χ1) is 7.54. The molecule has 0 aliphatic rings. The first-order valence-electron chi connectivity index (χ1n) is 6.93. The van der Waals surface area contributed by atoms with Gasteiger partial charge in [0, 0.05) is 4.45 Å². The Kier molecular flexibility index (Phi) is 6.44. The zero-order chi connectivity index (χ0) is 13.9. The van der Waals surface area contributed by atoms with Crippen LogP contribution in [0.15, 0.2) is 0 Å². The van der Waals surface area contributed by atoms with Crippen molar-refractivity contribution in [2.24, 2.45) is 0 Å². The van der Waals surface area contributed by atoms with Crippen molar-refractivity contribution < 1.29 is 0 Å². The molecule has 0 heterocycles. The minimum absolute atomic E-state index is 0.352. The largest absolute Gasteiger partial charge is 0.336 e. The van der Waals surface area contributed by atoms with Crippen molar-refractivity contribution in [1.29, 1.82) is 0 Å². The molecule has 1 N–H and O–H groups in total. The van der Waals surface area contributed by atoms with Gasteiger partial charge in [-0.05, 0) is 29.5 Å². The molecule has 0 aromatic rings. The van der Waals surface area contributed by atoms with Crippen LogP contribution in [-0.4, -0.2) is 19.2 Å². The average molecular weight is 322 g/mol. The fourth-order valence-corrected chi connectivity index (χ4v) is 14.6. The molecule has 1 unspecified atom stereocenters. The third-order valence-corrected chi connectivity index (χ3v) is 13.4. The summed E-state index contributed by atoms with van der Waals surface area (Å²) in [6, 6.07) is 0. The molecule has 17 heavy (non-hydrogen) atoms. The molecular weight excluding hydrogens is 290 g/mol. The van der Waals surface area contributed by atoms with Gasteiger partial charge in [0.1, 0.15) is 8.24 Å². The van der Waals surface area contributed by atoms with E-state index in [1.165, 1.54) is 12.8 Å². The molecule has 0 radical (unpaired) electrons. The normalized spacial score (nSPS) is 16.1. The Morgan fingerprint density at radius 1 is 1.00 bits per heavy atom. The molecule has 0 spiro atoms. The lowest BCUT2D eigenvalue weighted by molar-refractivity contribution is 0.561. The molecule has 0 saturated heterocycles. The van der Waals surface area contributed by atoms with Crippen LogP contribution in [0.1, 0.15) is 68.2 Å². The number of hydrogen-bond acceptors (Lipinski definition) is 1.